The van der Waals surface area contributed by atoms with Gasteiger partial charge in [0, 0.05) is 42.9 Å². The van der Waals surface area contributed by atoms with Crippen molar-refractivity contribution in [3.63, 3.8) is 0 Å². The molecule has 2 aromatic carbocycles. The molecule has 27 heavy (non-hydrogen) atoms. The second kappa shape index (κ2) is 6.79. The van der Waals surface area contributed by atoms with Gasteiger partial charge in [0.2, 0.25) is 0 Å². The van der Waals surface area contributed by atoms with E-state index >= 15 is 0 Å². The number of aromatic nitrogens is 2. The van der Waals surface area contributed by atoms with Crippen molar-refractivity contribution in [2.24, 2.45) is 0 Å². The molecule has 4 rings (SSSR count). The SMILES string of the molecule is CN(Cc1cnn(-c2ccc(F)cc2)c1)C(=O)c1cccc2c1CCC2=O. The summed E-state index contributed by atoms with van der Waals surface area (Å²) < 4.78 is 14.7. The smallest absolute Gasteiger partial charge is 0.254 e. The lowest BCUT2D eigenvalue weighted by molar-refractivity contribution is 0.0784. The molecule has 1 aromatic heterocycles. The fourth-order valence-electron chi connectivity index (χ4n) is 3.42. The van der Waals surface area contributed by atoms with E-state index in [1.54, 1.807) is 53.2 Å². The summed E-state index contributed by atoms with van der Waals surface area (Å²) in [5.41, 5.74) is 3.71. The minimum atomic E-state index is -0.301. The van der Waals surface area contributed by atoms with Gasteiger partial charge in [0.1, 0.15) is 5.82 Å². The summed E-state index contributed by atoms with van der Waals surface area (Å²) in [4.78, 5) is 26.4. The Bertz CT molecular complexity index is 1020. The average Bonchev–Trinajstić information content (AvgIpc) is 3.29. The molecule has 0 atom stereocenters. The Kier molecular flexibility index (Phi) is 4.32. The van der Waals surface area contributed by atoms with Crippen LogP contribution in [0.25, 0.3) is 5.69 Å². The van der Waals surface area contributed by atoms with Crippen LogP contribution in [0.4, 0.5) is 4.39 Å². The number of ketones is 1. The largest absolute Gasteiger partial charge is 0.337 e. The van der Waals surface area contributed by atoms with E-state index in [9.17, 15) is 14.0 Å². The van der Waals surface area contributed by atoms with Crippen molar-refractivity contribution in [3.8, 4) is 5.69 Å². The first-order valence-corrected chi connectivity index (χ1v) is 8.73. The van der Waals surface area contributed by atoms with Gasteiger partial charge in [-0.25, -0.2) is 9.07 Å². The van der Waals surface area contributed by atoms with E-state index in [1.807, 2.05) is 6.20 Å². The lowest BCUT2D eigenvalue weighted by atomic mass is 10.0. The van der Waals surface area contributed by atoms with Crippen LogP contribution in [-0.2, 0) is 13.0 Å². The average molecular weight is 363 g/mol. The van der Waals surface area contributed by atoms with Gasteiger partial charge in [-0.15, -0.1) is 0 Å². The number of rotatable bonds is 4. The van der Waals surface area contributed by atoms with Gasteiger partial charge in [-0.1, -0.05) is 12.1 Å². The first-order chi connectivity index (χ1) is 13.0. The minimum Gasteiger partial charge on any atom is -0.337 e. The van der Waals surface area contributed by atoms with Crippen molar-refractivity contribution in [1.29, 1.82) is 0 Å². The molecule has 0 saturated carbocycles. The predicted molar refractivity (Wildman–Crippen MR) is 98.4 cm³/mol. The van der Waals surface area contributed by atoms with Crippen LogP contribution in [0.1, 0.15) is 38.3 Å². The monoisotopic (exact) mass is 363 g/mol. The van der Waals surface area contributed by atoms with E-state index in [-0.39, 0.29) is 17.5 Å². The maximum absolute atomic E-state index is 13.1. The normalized spacial score (nSPS) is 12.9. The Morgan fingerprint density at radius 2 is 1.96 bits per heavy atom. The Labute approximate surface area is 156 Å². The van der Waals surface area contributed by atoms with Gasteiger partial charge < -0.3 is 4.90 Å². The summed E-state index contributed by atoms with van der Waals surface area (Å²) in [6, 6.07) is 11.4. The molecule has 3 aromatic rings. The van der Waals surface area contributed by atoms with Gasteiger partial charge in [-0.3, -0.25) is 9.59 Å². The number of amides is 1. The molecule has 0 radical (unpaired) electrons. The van der Waals surface area contributed by atoms with Gasteiger partial charge in [-0.2, -0.15) is 5.10 Å². The molecule has 6 heteroatoms. The maximum atomic E-state index is 13.1. The fraction of sp³-hybridized carbons (Fsp3) is 0.190. The molecule has 1 aliphatic rings. The van der Waals surface area contributed by atoms with Crippen molar-refractivity contribution in [2.45, 2.75) is 19.4 Å². The second-order valence-corrected chi connectivity index (χ2v) is 6.69. The lowest BCUT2D eigenvalue weighted by Gasteiger charge is -2.18. The van der Waals surface area contributed by atoms with E-state index in [4.69, 9.17) is 0 Å². The first kappa shape index (κ1) is 17.1. The topological polar surface area (TPSA) is 55.2 Å². The summed E-state index contributed by atoms with van der Waals surface area (Å²) >= 11 is 0. The number of halogens is 1. The lowest BCUT2D eigenvalue weighted by Crippen LogP contribution is -2.27. The zero-order chi connectivity index (χ0) is 19.0. The second-order valence-electron chi connectivity index (χ2n) is 6.69. The Balaban J connectivity index is 1.52. The molecule has 1 aliphatic carbocycles. The van der Waals surface area contributed by atoms with E-state index in [0.29, 0.717) is 30.5 Å². The number of fused-ring (bicyclic) bond motifs is 1. The van der Waals surface area contributed by atoms with Crippen molar-refractivity contribution in [1.82, 2.24) is 14.7 Å². The van der Waals surface area contributed by atoms with E-state index in [0.717, 1.165) is 16.8 Å². The highest BCUT2D eigenvalue weighted by atomic mass is 19.1. The molecule has 1 amide bonds. The van der Waals surface area contributed by atoms with E-state index in [1.165, 1.54) is 12.1 Å². The number of hydrogen-bond acceptors (Lipinski definition) is 3. The number of carbonyl (C=O) groups excluding carboxylic acids is 2. The highest BCUT2D eigenvalue weighted by Crippen LogP contribution is 2.26. The van der Waals surface area contributed by atoms with Gasteiger partial charge in [-0.05, 0) is 42.3 Å². The number of Topliss-reactive ketones (excluding diaryl/α,β-unsaturated/α-hetero) is 1. The molecule has 1 heterocycles. The number of carbonyl (C=O) groups is 2. The minimum absolute atomic E-state index is 0.0999. The van der Waals surface area contributed by atoms with E-state index < -0.39 is 0 Å². The predicted octanol–water partition coefficient (Wildman–Crippen LogP) is 3.41. The Morgan fingerprint density at radius 1 is 1.19 bits per heavy atom. The van der Waals surface area contributed by atoms with Gasteiger partial charge in [0.05, 0.1) is 11.9 Å². The van der Waals surface area contributed by atoms with Gasteiger partial charge in [0.25, 0.3) is 5.91 Å². The van der Waals surface area contributed by atoms with Crippen molar-refractivity contribution < 1.29 is 14.0 Å². The fourth-order valence-corrected chi connectivity index (χ4v) is 3.42. The van der Waals surface area contributed by atoms with Gasteiger partial charge >= 0.3 is 0 Å². The Hall–Kier alpha value is -3.28. The summed E-state index contributed by atoms with van der Waals surface area (Å²) in [6.45, 7) is 0.387. The highest BCUT2D eigenvalue weighted by molar-refractivity contribution is 6.05. The standard InChI is InChI=1S/C21H18FN3O2/c1-24(21(27)19-4-2-3-18-17(19)9-10-20(18)26)12-14-11-23-25(13-14)16-7-5-15(22)6-8-16/h2-8,11,13H,9-10,12H2,1H3. The van der Waals surface area contributed by atoms with E-state index in [2.05, 4.69) is 5.10 Å². The van der Waals surface area contributed by atoms with Gasteiger partial charge in [0.15, 0.2) is 5.78 Å². The molecule has 0 saturated heterocycles. The molecule has 0 spiro atoms. The molecule has 0 fully saturated rings. The maximum Gasteiger partial charge on any atom is 0.254 e. The molecule has 136 valence electrons. The van der Waals surface area contributed by atoms with Crippen LogP contribution in [0.3, 0.4) is 0 Å². The number of nitrogens with zero attached hydrogens (tertiary/aromatic N) is 3. The summed E-state index contributed by atoms with van der Waals surface area (Å²) in [5.74, 6) is -0.315. The van der Waals surface area contributed by atoms with Crippen molar-refractivity contribution >= 4 is 11.7 Å². The van der Waals surface area contributed by atoms with Crippen LogP contribution < -0.4 is 0 Å². The third-order valence-corrected chi connectivity index (χ3v) is 4.80. The molecule has 0 unspecified atom stereocenters. The highest BCUT2D eigenvalue weighted by Gasteiger charge is 2.25. The van der Waals surface area contributed by atoms with Crippen molar-refractivity contribution in [3.05, 3.63) is 82.9 Å². The molecule has 5 nitrogen and oxygen atoms in total. The number of benzene rings is 2. The molecule has 0 bridgehead atoms. The number of hydrogen-bond donors (Lipinski definition) is 0. The van der Waals surface area contributed by atoms with Crippen LogP contribution in [0.2, 0.25) is 0 Å². The Morgan fingerprint density at radius 3 is 2.74 bits per heavy atom. The van der Waals surface area contributed by atoms with Crippen molar-refractivity contribution in [2.75, 3.05) is 7.05 Å². The zero-order valence-electron chi connectivity index (χ0n) is 14.9. The van der Waals surface area contributed by atoms with Crippen LogP contribution in [0.5, 0.6) is 0 Å². The zero-order valence-corrected chi connectivity index (χ0v) is 14.9. The van der Waals surface area contributed by atoms with Crippen LogP contribution in [-0.4, -0.2) is 33.4 Å². The van der Waals surface area contributed by atoms with Crippen LogP contribution in [0.15, 0.2) is 54.9 Å². The first-order valence-electron chi connectivity index (χ1n) is 8.73. The molecule has 0 N–H and O–H groups in total. The summed E-state index contributed by atoms with van der Waals surface area (Å²) in [7, 11) is 1.73. The quantitative estimate of drug-likeness (QED) is 0.714. The summed E-state index contributed by atoms with van der Waals surface area (Å²) in [6.07, 6.45) is 4.59. The third kappa shape index (κ3) is 3.26. The van der Waals surface area contributed by atoms with Crippen LogP contribution >= 0.6 is 0 Å². The third-order valence-electron chi connectivity index (χ3n) is 4.80. The van der Waals surface area contributed by atoms with Crippen LogP contribution in [0, 0.1) is 5.82 Å². The molecule has 0 aliphatic heterocycles. The molecular weight excluding hydrogens is 345 g/mol. The molecular formula is C21H18FN3O2. The summed E-state index contributed by atoms with van der Waals surface area (Å²) in [5, 5.41) is 4.28.